The number of aromatic nitrogens is 3. The number of nitrogens with two attached hydrogens (primary N) is 1. The molecule has 0 saturated heterocycles. The molecule has 2 rings (SSSR count). The zero-order valence-electron chi connectivity index (χ0n) is 9.55. The molecule has 1 aromatic heterocycles. The molecule has 0 spiro atoms. The van der Waals surface area contributed by atoms with Gasteiger partial charge in [0.15, 0.2) is 5.78 Å². The van der Waals surface area contributed by atoms with Crippen LogP contribution in [0.5, 0.6) is 0 Å². The van der Waals surface area contributed by atoms with Crippen LogP contribution in [0.3, 0.4) is 0 Å². The number of aromatic amines is 1. The van der Waals surface area contributed by atoms with Crippen molar-refractivity contribution < 1.29 is 4.79 Å². The van der Waals surface area contributed by atoms with Crippen molar-refractivity contribution >= 4 is 39.4 Å². The van der Waals surface area contributed by atoms with Crippen molar-refractivity contribution in [2.45, 2.75) is 17.3 Å². The van der Waals surface area contributed by atoms with E-state index in [2.05, 4.69) is 31.1 Å². The van der Waals surface area contributed by atoms with Crippen molar-refractivity contribution in [1.29, 1.82) is 0 Å². The van der Waals surface area contributed by atoms with Crippen molar-refractivity contribution in [1.82, 2.24) is 15.2 Å². The quantitative estimate of drug-likeness (QED) is 0.666. The molecule has 5 nitrogen and oxygen atoms in total. The zero-order chi connectivity index (χ0) is 13.1. The van der Waals surface area contributed by atoms with Crippen LogP contribution in [0, 0.1) is 0 Å². The number of H-pyrrole nitrogens is 1. The van der Waals surface area contributed by atoms with Gasteiger partial charge in [0.05, 0.1) is 5.25 Å². The van der Waals surface area contributed by atoms with Crippen LogP contribution in [0.1, 0.15) is 17.3 Å². The number of thioether (sulfide) groups is 1. The van der Waals surface area contributed by atoms with Gasteiger partial charge in [-0.1, -0.05) is 39.8 Å². The summed E-state index contributed by atoms with van der Waals surface area (Å²) in [6.45, 7) is 1.82. The Labute approximate surface area is 117 Å². The van der Waals surface area contributed by atoms with Crippen LogP contribution >= 0.6 is 27.7 Å². The topological polar surface area (TPSA) is 84.7 Å². The average Bonchev–Trinajstić information content (AvgIpc) is 2.75. The Morgan fingerprint density at radius 3 is 2.67 bits per heavy atom. The molecule has 1 atom stereocenters. The van der Waals surface area contributed by atoms with Crippen LogP contribution in [-0.2, 0) is 0 Å². The molecule has 0 aliphatic rings. The Hall–Kier alpha value is -1.34. The van der Waals surface area contributed by atoms with E-state index in [0.717, 1.165) is 4.47 Å². The number of nitrogen functional groups attached to an aromatic ring is 1. The van der Waals surface area contributed by atoms with Crippen LogP contribution < -0.4 is 5.73 Å². The molecule has 0 aliphatic carbocycles. The van der Waals surface area contributed by atoms with E-state index in [9.17, 15) is 4.79 Å². The Morgan fingerprint density at radius 1 is 1.44 bits per heavy atom. The predicted octanol–water partition coefficient (Wildman–Crippen LogP) is 2.51. The molecule has 0 fully saturated rings. The molecule has 1 heterocycles. The van der Waals surface area contributed by atoms with Gasteiger partial charge in [-0.15, -0.1) is 5.10 Å². The Kier molecular flexibility index (Phi) is 4.03. The minimum atomic E-state index is -0.263. The van der Waals surface area contributed by atoms with Gasteiger partial charge in [-0.2, -0.15) is 4.98 Å². The SMILES string of the molecule is CC(Sc1n[nH]c(N)n1)C(=O)c1ccc(Br)cc1. The van der Waals surface area contributed by atoms with E-state index >= 15 is 0 Å². The lowest BCUT2D eigenvalue weighted by atomic mass is 10.1. The van der Waals surface area contributed by atoms with E-state index in [-0.39, 0.29) is 17.0 Å². The summed E-state index contributed by atoms with van der Waals surface area (Å²) in [5.74, 6) is 0.289. The van der Waals surface area contributed by atoms with Gasteiger partial charge in [-0.3, -0.25) is 4.79 Å². The van der Waals surface area contributed by atoms with E-state index in [1.807, 2.05) is 19.1 Å². The van der Waals surface area contributed by atoms with Gasteiger partial charge in [0.1, 0.15) is 0 Å². The fourth-order valence-electron chi connectivity index (χ4n) is 1.37. The first kappa shape index (κ1) is 13.1. The lowest BCUT2D eigenvalue weighted by Gasteiger charge is -2.07. The third-order valence-electron chi connectivity index (χ3n) is 2.26. The van der Waals surface area contributed by atoms with Gasteiger partial charge < -0.3 is 5.73 Å². The monoisotopic (exact) mass is 326 g/mol. The summed E-state index contributed by atoms with van der Waals surface area (Å²) < 4.78 is 0.945. The predicted molar refractivity (Wildman–Crippen MR) is 74.6 cm³/mol. The second kappa shape index (κ2) is 5.53. The summed E-state index contributed by atoms with van der Waals surface area (Å²) in [7, 11) is 0. The lowest BCUT2D eigenvalue weighted by Crippen LogP contribution is -2.13. The van der Waals surface area contributed by atoms with Gasteiger partial charge >= 0.3 is 0 Å². The highest BCUT2D eigenvalue weighted by Crippen LogP contribution is 2.23. The molecule has 3 N–H and O–H groups in total. The molecule has 18 heavy (non-hydrogen) atoms. The van der Waals surface area contributed by atoms with Crippen LogP contribution in [-0.4, -0.2) is 26.2 Å². The maximum absolute atomic E-state index is 12.1. The van der Waals surface area contributed by atoms with Gasteiger partial charge in [0, 0.05) is 10.0 Å². The van der Waals surface area contributed by atoms with Crippen LogP contribution in [0.15, 0.2) is 33.9 Å². The van der Waals surface area contributed by atoms with E-state index < -0.39 is 0 Å². The summed E-state index contributed by atoms with van der Waals surface area (Å²) in [4.78, 5) is 16.1. The molecule has 0 bridgehead atoms. The number of rotatable bonds is 4. The van der Waals surface area contributed by atoms with Crippen molar-refractivity contribution in [2.24, 2.45) is 0 Å². The number of halogens is 1. The summed E-state index contributed by atoms with van der Waals surface area (Å²) in [5, 5.41) is 6.64. The standard InChI is InChI=1S/C11H11BrN4OS/c1-6(18-11-14-10(13)15-16-11)9(17)7-2-4-8(12)5-3-7/h2-6H,1H3,(H3,13,14,15,16). The summed E-state index contributed by atoms with van der Waals surface area (Å²) in [6.07, 6.45) is 0. The van der Waals surface area contributed by atoms with E-state index in [0.29, 0.717) is 10.7 Å². The number of nitrogens with one attached hydrogen (secondary N) is 1. The van der Waals surface area contributed by atoms with Crippen molar-refractivity contribution in [2.75, 3.05) is 5.73 Å². The van der Waals surface area contributed by atoms with Crippen LogP contribution in [0.25, 0.3) is 0 Å². The third-order valence-corrected chi connectivity index (χ3v) is 3.75. The van der Waals surface area contributed by atoms with Gasteiger partial charge in [-0.05, 0) is 19.1 Å². The number of hydrogen-bond donors (Lipinski definition) is 2. The highest BCUT2D eigenvalue weighted by atomic mass is 79.9. The maximum Gasteiger partial charge on any atom is 0.216 e. The third kappa shape index (κ3) is 3.11. The minimum absolute atomic E-state index is 0.0378. The van der Waals surface area contributed by atoms with Crippen LogP contribution in [0.4, 0.5) is 5.95 Å². The molecule has 1 unspecified atom stereocenters. The number of benzene rings is 1. The summed E-state index contributed by atoms with van der Waals surface area (Å²) in [6, 6.07) is 7.26. The van der Waals surface area contributed by atoms with E-state index in [4.69, 9.17) is 5.73 Å². The number of carbonyl (C=O) groups is 1. The first-order valence-corrected chi connectivity index (χ1v) is 6.88. The number of Topliss-reactive ketones (excluding diaryl/α,β-unsaturated/α-hetero) is 1. The largest absolute Gasteiger partial charge is 0.368 e. The van der Waals surface area contributed by atoms with Crippen molar-refractivity contribution in [3.05, 3.63) is 34.3 Å². The van der Waals surface area contributed by atoms with Gasteiger partial charge in [0.25, 0.3) is 0 Å². The van der Waals surface area contributed by atoms with E-state index in [1.165, 1.54) is 11.8 Å². The molecule has 7 heteroatoms. The smallest absolute Gasteiger partial charge is 0.216 e. The van der Waals surface area contributed by atoms with Gasteiger partial charge in [-0.25, -0.2) is 5.10 Å². The molecule has 1 aromatic carbocycles. The number of hydrogen-bond acceptors (Lipinski definition) is 5. The second-order valence-electron chi connectivity index (χ2n) is 3.63. The minimum Gasteiger partial charge on any atom is -0.368 e. The molecule has 0 aliphatic heterocycles. The zero-order valence-corrected chi connectivity index (χ0v) is 12.0. The fraction of sp³-hybridized carbons (Fsp3) is 0.182. The average molecular weight is 327 g/mol. The normalized spacial score (nSPS) is 12.3. The molecular formula is C11H11BrN4OS. The number of anilines is 1. The molecule has 2 aromatic rings. The van der Waals surface area contributed by atoms with Crippen LogP contribution in [0.2, 0.25) is 0 Å². The number of carbonyl (C=O) groups excluding carboxylic acids is 1. The second-order valence-corrected chi connectivity index (χ2v) is 5.86. The highest BCUT2D eigenvalue weighted by molar-refractivity contribution is 9.10. The molecule has 0 radical (unpaired) electrons. The first-order chi connectivity index (χ1) is 8.56. The number of nitrogens with zero attached hydrogens (tertiary/aromatic N) is 2. The highest BCUT2D eigenvalue weighted by Gasteiger charge is 2.18. The maximum atomic E-state index is 12.1. The molecule has 0 amide bonds. The van der Waals surface area contributed by atoms with E-state index in [1.54, 1.807) is 12.1 Å². The molecule has 0 saturated carbocycles. The Balaban J connectivity index is 2.07. The number of ketones is 1. The lowest BCUT2D eigenvalue weighted by molar-refractivity contribution is 0.0994. The Bertz CT molecular complexity index is 554. The summed E-state index contributed by atoms with van der Waals surface area (Å²) in [5.41, 5.74) is 6.09. The summed E-state index contributed by atoms with van der Waals surface area (Å²) >= 11 is 4.61. The van der Waals surface area contributed by atoms with Crippen molar-refractivity contribution in [3.8, 4) is 0 Å². The Morgan fingerprint density at radius 2 is 2.11 bits per heavy atom. The van der Waals surface area contributed by atoms with Crippen molar-refractivity contribution in [3.63, 3.8) is 0 Å². The van der Waals surface area contributed by atoms with Gasteiger partial charge in [0.2, 0.25) is 11.1 Å². The molecule has 94 valence electrons. The first-order valence-electron chi connectivity index (χ1n) is 5.20. The fourth-order valence-corrected chi connectivity index (χ4v) is 2.44. The molecular weight excluding hydrogens is 316 g/mol.